The maximum atomic E-state index is 2.36. The van der Waals surface area contributed by atoms with E-state index in [2.05, 4.69) is 277 Å². The van der Waals surface area contributed by atoms with Crippen LogP contribution in [0.2, 0.25) is 0 Å². The molecule has 62 heavy (non-hydrogen) atoms. The molecule has 0 atom stereocenters. The molecule has 10 rings (SSSR count). The van der Waals surface area contributed by atoms with Crippen LogP contribution in [-0.4, -0.2) is 0 Å². The highest BCUT2D eigenvalue weighted by Gasteiger charge is 2.17. The minimum Gasteiger partial charge on any atom is -0.310 e. The van der Waals surface area contributed by atoms with Crippen LogP contribution in [-0.2, 0) is 0 Å². The van der Waals surface area contributed by atoms with Crippen molar-refractivity contribution >= 4 is 34.1 Å². The van der Waals surface area contributed by atoms with E-state index in [4.69, 9.17) is 0 Å². The van der Waals surface area contributed by atoms with Gasteiger partial charge in [0.1, 0.15) is 0 Å². The molecular formula is C60H44N2. The van der Waals surface area contributed by atoms with Gasteiger partial charge in [-0.2, -0.15) is 0 Å². The van der Waals surface area contributed by atoms with Crippen LogP contribution in [0.4, 0.5) is 34.1 Å². The molecule has 294 valence electrons. The first-order chi connectivity index (χ1) is 30.7. The lowest BCUT2D eigenvalue weighted by molar-refractivity contribution is 1.28. The summed E-state index contributed by atoms with van der Waals surface area (Å²) in [4.78, 5) is 4.71. The van der Waals surface area contributed by atoms with Crippen molar-refractivity contribution in [1.82, 2.24) is 0 Å². The van der Waals surface area contributed by atoms with Crippen LogP contribution in [0, 0.1) is 0 Å². The molecule has 0 radical (unpaired) electrons. The predicted octanol–water partition coefficient (Wildman–Crippen LogP) is 17.0. The average Bonchev–Trinajstić information content (AvgIpc) is 3.36. The van der Waals surface area contributed by atoms with Crippen LogP contribution >= 0.6 is 0 Å². The summed E-state index contributed by atoms with van der Waals surface area (Å²) in [6.45, 7) is 0. The first kappa shape index (κ1) is 38.0. The summed E-state index contributed by atoms with van der Waals surface area (Å²) in [5.41, 5.74) is 18.4. The fourth-order valence-electron chi connectivity index (χ4n) is 8.30. The Morgan fingerprint density at radius 1 is 0.145 bits per heavy atom. The molecule has 0 aliphatic rings. The fourth-order valence-corrected chi connectivity index (χ4v) is 8.30. The smallest absolute Gasteiger partial charge is 0.0467 e. The van der Waals surface area contributed by atoms with Crippen molar-refractivity contribution in [1.29, 1.82) is 0 Å². The Balaban J connectivity index is 1.02. The molecule has 2 heteroatoms. The molecule has 0 saturated heterocycles. The molecule has 0 spiro atoms. The molecule has 0 aromatic heterocycles. The molecule has 0 N–H and O–H groups in total. The van der Waals surface area contributed by atoms with E-state index in [1.54, 1.807) is 0 Å². The highest BCUT2D eigenvalue weighted by Crippen LogP contribution is 2.41. The molecule has 0 unspecified atom stereocenters. The highest BCUT2D eigenvalue weighted by atomic mass is 15.1. The second-order valence-corrected chi connectivity index (χ2v) is 15.4. The van der Waals surface area contributed by atoms with Crippen molar-refractivity contribution in [2.45, 2.75) is 0 Å². The van der Waals surface area contributed by atoms with Gasteiger partial charge in [-0.15, -0.1) is 0 Å². The van der Waals surface area contributed by atoms with E-state index in [1.807, 2.05) is 0 Å². The minimum atomic E-state index is 1.08. The van der Waals surface area contributed by atoms with Gasteiger partial charge in [0.2, 0.25) is 0 Å². The summed E-state index contributed by atoms with van der Waals surface area (Å²) in [6.07, 6.45) is 0. The third kappa shape index (κ3) is 8.18. The summed E-state index contributed by atoms with van der Waals surface area (Å²) >= 11 is 0. The van der Waals surface area contributed by atoms with Gasteiger partial charge in [-0.25, -0.2) is 0 Å². The SMILES string of the molecule is c1ccc(-c2ccc(N(c3ccc(-c4cccc(N(c5ccc(-c6ccccc6)cc5)c5cccc(-c6ccccc6)c5)c4)cc3)c3cccc(-c4ccccc4)c3)cc2)cc1. The molecule has 0 saturated carbocycles. The van der Waals surface area contributed by atoms with E-state index in [0.29, 0.717) is 0 Å². The average molecular weight is 793 g/mol. The molecule has 0 bridgehead atoms. The Morgan fingerprint density at radius 2 is 0.355 bits per heavy atom. The normalized spacial score (nSPS) is 10.9. The van der Waals surface area contributed by atoms with Crippen molar-refractivity contribution in [3.63, 3.8) is 0 Å². The van der Waals surface area contributed by atoms with Crippen LogP contribution < -0.4 is 9.80 Å². The van der Waals surface area contributed by atoms with Gasteiger partial charge in [0, 0.05) is 34.1 Å². The van der Waals surface area contributed by atoms with Crippen molar-refractivity contribution < 1.29 is 0 Å². The quantitative estimate of drug-likeness (QED) is 0.129. The van der Waals surface area contributed by atoms with Gasteiger partial charge in [-0.3, -0.25) is 0 Å². The van der Waals surface area contributed by atoms with Crippen LogP contribution in [0.3, 0.4) is 0 Å². The Kier molecular flexibility index (Phi) is 10.8. The van der Waals surface area contributed by atoms with Gasteiger partial charge in [0.15, 0.2) is 0 Å². The Hall–Kier alpha value is -8.20. The zero-order chi connectivity index (χ0) is 41.5. The van der Waals surface area contributed by atoms with E-state index in [1.165, 1.54) is 44.5 Å². The van der Waals surface area contributed by atoms with Crippen LogP contribution in [0.25, 0.3) is 55.6 Å². The first-order valence-electron chi connectivity index (χ1n) is 21.2. The maximum Gasteiger partial charge on any atom is 0.0467 e. The standard InChI is InChI=1S/C60H44N2/c1-5-16-45(17-6-1)49-30-36-55(37-31-49)61(58-27-13-24-52(42-58)47-20-9-3-10-21-47)56-40-34-51(35-41-56)54-26-15-29-60(44-54)62(57-38-32-50(33-39-57)46-18-7-2-8-19-46)59-28-14-25-53(43-59)48-22-11-4-12-23-48/h1-44H. The van der Waals surface area contributed by atoms with Gasteiger partial charge >= 0.3 is 0 Å². The van der Waals surface area contributed by atoms with Gasteiger partial charge in [-0.1, -0.05) is 194 Å². The maximum absolute atomic E-state index is 2.36. The van der Waals surface area contributed by atoms with Crippen molar-refractivity contribution in [3.8, 4) is 55.6 Å². The highest BCUT2D eigenvalue weighted by molar-refractivity contribution is 5.85. The Bertz CT molecular complexity index is 3020. The molecule has 10 aromatic carbocycles. The lowest BCUT2D eigenvalue weighted by Gasteiger charge is -2.27. The number of rotatable bonds is 11. The van der Waals surface area contributed by atoms with Crippen LogP contribution in [0.15, 0.2) is 267 Å². The lowest BCUT2D eigenvalue weighted by Crippen LogP contribution is -2.10. The second kappa shape index (κ2) is 17.6. The summed E-state index contributed by atoms with van der Waals surface area (Å²) in [5, 5.41) is 0. The second-order valence-electron chi connectivity index (χ2n) is 15.4. The number of anilines is 6. The van der Waals surface area contributed by atoms with Crippen LogP contribution in [0.1, 0.15) is 0 Å². The number of hydrogen-bond acceptors (Lipinski definition) is 2. The summed E-state index contributed by atoms with van der Waals surface area (Å²) < 4.78 is 0. The first-order valence-corrected chi connectivity index (χ1v) is 21.2. The molecular weight excluding hydrogens is 749 g/mol. The third-order valence-corrected chi connectivity index (χ3v) is 11.5. The largest absolute Gasteiger partial charge is 0.310 e. The van der Waals surface area contributed by atoms with Gasteiger partial charge in [0.05, 0.1) is 0 Å². The number of hydrogen-bond donors (Lipinski definition) is 0. The summed E-state index contributed by atoms with van der Waals surface area (Å²) in [7, 11) is 0. The van der Waals surface area contributed by atoms with E-state index in [9.17, 15) is 0 Å². The topological polar surface area (TPSA) is 6.48 Å². The van der Waals surface area contributed by atoms with E-state index in [0.717, 1.165) is 45.3 Å². The number of benzene rings is 10. The molecule has 0 aliphatic carbocycles. The molecule has 0 aliphatic heterocycles. The van der Waals surface area contributed by atoms with Crippen molar-refractivity contribution in [2.75, 3.05) is 9.80 Å². The van der Waals surface area contributed by atoms with Gasteiger partial charge in [0.25, 0.3) is 0 Å². The molecule has 0 heterocycles. The fraction of sp³-hybridized carbons (Fsp3) is 0. The summed E-state index contributed by atoms with van der Waals surface area (Å²) in [5.74, 6) is 0. The lowest BCUT2D eigenvalue weighted by atomic mass is 10.0. The monoisotopic (exact) mass is 792 g/mol. The van der Waals surface area contributed by atoms with Gasteiger partial charge < -0.3 is 9.80 Å². The van der Waals surface area contributed by atoms with Crippen molar-refractivity contribution in [2.24, 2.45) is 0 Å². The third-order valence-electron chi connectivity index (χ3n) is 11.5. The van der Waals surface area contributed by atoms with Crippen molar-refractivity contribution in [3.05, 3.63) is 267 Å². The molecule has 0 fully saturated rings. The Morgan fingerprint density at radius 3 is 0.645 bits per heavy atom. The number of nitrogens with zero attached hydrogens (tertiary/aromatic N) is 2. The Labute approximate surface area is 364 Å². The van der Waals surface area contributed by atoms with E-state index >= 15 is 0 Å². The van der Waals surface area contributed by atoms with Crippen LogP contribution in [0.5, 0.6) is 0 Å². The summed E-state index contributed by atoms with van der Waals surface area (Å²) in [6, 6.07) is 95.6. The molecule has 0 amide bonds. The van der Waals surface area contributed by atoms with E-state index in [-0.39, 0.29) is 0 Å². The minimum absolute atomic E-state index is 1.08. The van der Waals surface area contributed by atoms with Gasteiger partial charge in [-0.05, 0) is 128 Å². The zero-order valence-electron chi connectivity index (χ0n) is 34.3. The zero-order valence-corrected chi connectivity index (χ0v) is 34.3. The molecule has 10 aromatic rings. The molecule has 2 nitrogen and oxygen atoms in total. The van der Waals surface area contributed by atoms with E-state index < -0.39 is 0 Å². The predicted molar refractivity (Wildman–Crippen MR) is 263 cm³/mol.